The predicted molar refractivity (Wildman–Crippen MR) is 79.7 cm³/mol. The fourth-order valence-electron chi connectivity index (χ4n) is 1.72. The van der Waals surface area contributed by atoms with Gasteiger partial charge in [-0.2, -0.15) is 0 Å². The molecule has 0 aliphatic rings. The van der Waals surface area contributed by atoms with Crippen LogP contribution in [0.5, 0.6) is 0 Å². The van der Waals surface area contributed by atoms with E-state index in [-0.39, 0.29) is 18.6 Å². The van der Waals surface area contributed by atoms with Gasteiger partial charge in [0.25, 0.3) is 5.91 Å². The molecular formula is C15H14BrNO4. The minimum atomic E-state index is -0.544. The molecule has 0 aliphatic heterocycles. The van der Waals surface area contributed by atoms with Gasteiger partial charge >= 0.3 is 5.97 Å². The van der Waals surface area contributed by atoms with E-state index >= 15 is 0 Å². The molecule has 0 unspecified atom stereocenters. The van der Waals surface area contributed by atoms with Crippen LogP contribution in [-0.2, 0) is 9.53 Å². The number of hydrogen-bond donors (Lipinski definition) is 1. The highest BCUT2D eigenvalue weighted by atomic mass is 79.9. The molecule has 21 heavy (non-hydrogen) atoms. The van der Waals surface area contributed by atoms with Crippen molar-refractivity contribution in [1.29, 1.82) is 0 Å². The highest BCUT2D eigenvalue weighted by Crippen LogP contribution is 2.13. The Morgan fingerprint density at radius 3 is 2.81 bits per heavy atom. The molecule has 0 bridgehead atoms. The first-order valence-electron chi connectivity index (χ1n) is 6.31. The molecule has 1 aromatic heterocycles. The van der Waals surface area contributed by atoms with Crippen molar-refractivity contribution in [2.24, 2.45) is 0 Å². The highest BCUT2D eigenvalue weighted by molar-refractivity contribution is 9.10. The van der Waals surface area contributed by atoms with Crippen molar-refractivity contribution in [2.75, 3.05) is 6.61 Å². The average Bonchev–Trinajstić information content (AvgIpc) is 2.99. The number of carbonyl (C=O) groups is 2. The molecule has 0 fully saturated rings. The average molecular weight is 352 g/mol. The van der Waals surface area contributed by atoms with Crippen LogP contribution in [0.4, 0.5) is 0 Å². The molecule has 1 aromatic carbocycles. The second-order valence-corrected chi connectivity index (χ2v) is 5.31. The van der Waals surface area contributed by atoms with E-state index in [1.54, 1.807) is 43.3 Å². The Balaban J connectivity index is 1.82. The number of ether oxygens (including phenoxy) is 1. The minimum Gasteiger partial charge on any atom is -0.467 e. The van der Waals surface area contributed by atoms with Crippen molar-refractivity contribution in [3.63, 3.8) is 0 Å². The van der Waals surface area contributed by atoms with Gasteiger partial charge in [-0.25, -0.2) is 4.79 Å². The SMILES string of the molecule is C[C@H](NC(=O)COC(=O)c1cccc(Br)c1)c1ccco1. The monoisotopic (exact) mass is 351 g/mol. The van der Waals surface area contributed by atoms with E-state index in [2.05, 4.69) is 21.2 Å². The molecule has 0 saturated heterocycles. The summed E-state index contributed by atoms with van der Waals surface area (Å²) < 4.78 is 10.9. The number of nitrogens with one attached hydrogen (secondary N) is 1. The lowest BCUT2D eigenvalue weighted by Crippen LogP contribution is -2.30. The number of rotatable bonds is 5. The minimum absolute atomic E-state index is 0.280. The maximum atomic E-state index is 11.8. The number of hydrogen-bond acceptors (Lipinski definition) is 4. The van der Waals surface area contributed by atoms with Crippen molar-refractivity contribution >= 4 is 27.8 Å². The van der Waals surface area contributed by atoms with Crippen LogP contribution < -0.4 is 5.32 Å². The molecular weight excluding hydrogens is 338 g/mol. The molecule has 1 heterocycles. The summed E-state index contributed by atoms with van der Waals surface area (Å²) in [6, 6.07) is 10.00. The molecule has 1 N–H and O–H groups in total. The van der Waals surface area contributed by atoms with Crippen LogP contribution in [-0.4, -0.2) is 18.5 Å². The first-order valence-corrected chi connectivity index (χ1v) is 7.11. The number of carbonyl (C=O) groups excluding carboxylic acids is 2. The van der Waals surface area contributed by atoms with E-state index < -0.39 is 5.97 Å². The number of furan rings is 1. The van der Waals surface area contributed by atoms with Gasteiger partial charge in [0.1, 0.15) is 5.76 Å². The summed E-state index contributed by atoms with van der Waals surface area (Å²) in [4.78, 5) is 23.5. The standard InChI is InChI=1S/C15H14BrNO4/c1-10(13-6-3-7-20-13)17-14(18)9-21-15(19)11-4-2-5-12(16)8-11/h2-8,10H,9H2,1H3,(H,17,18)/t10-/m0/s1. The third kappa shape index (κ3) is 4.46. The molecule has 2 rings (SSSR count). The van der Waals surface area contributed by atoms with Crippen LogP contribution in [0.25, 0.3) is 0 Å². The lowest BCUT2D eigenvalue weighted by atomic mass is 10.2. The molecule has 6 heteroatoms. The number of halogens is 1. The summed E-state index contributed by atoms with van der Waals surface area (Å²) in [5.74, 6) is -0.291. The first-order chi connectivity index (χ1) is 10.1. The normalized spacial score (nSPS) is 11.7. The van der Waals surface area contributed by atoms with Crippen LogP contribution in [0.2, 0.25) is 0 Å². The van der Waals surface area contributed by atoms with E-state index in [9.17, 15) is 9.59 Å². The summed E-state index contributed by atoms with van der Waals surface area (Å²) in [6.07, 6.45) is 1.53. The van der Waals surface area contributed by atoms with Crippen molar-refractivity contribution in [1.82, 2.24) is 5.32 Å². The van der Waals surface area contributed by atoms with Gasteiger partial charge in [-0.15, -0.1) is 0 Å². The lowest BCUT2D eigenvalue weighted by molar-refractivity contribution is -0.125. The summed E-state index contributed by atoms with van der Waals surface area (Å²) >= 11 is 3.27. The summed E-state index contributed by atoms with van der Waals surface area (Å²) in [6.45, 7) is 1.45. The van der Waals surface area contributed by atoms with Crippen LogP contribution in [0.3, 0.4) is 0 Å². The Kier molecular flexibility index (Phi) is 5.16. The van der Waals surface area contributed by atoms with Gasteiger partial charge in [0.2, 0.25) is 0 Å². The second-order valence-electron chi connectivity index (χ2n) is 4.39. The van der Waals surface area contributed by atoms with Crippen LogP contribution in [0.1, 0.15) is 29.1 Å². The van der Waals surface area contributed by atoms with Gasteiger partial charge in [0, 0.05) is 4.47 Å². The van der Waals surface area contributed by atoms with Gasteiger partial charge in [0.15, 0.2) is 6.61 Å². The zero-order valence-corrected chi connectivity index (χ0v) is 12.9. The van der Waals surface area contributed by atoms with Crippen molar-refractivity contribution < 1.29 is 18.7 Å². The number of benzene rings is 1. The quantitative estimate of drug-likeness (QED) is 0.840. The molecule has 0 saturated carbocycles. The Morgan fingerprint density at radius 1 is 1.33 bits per heavy atom. The third-order valence-corrected chi connectivity index (χ3v) is 3.24. The van der Waals surface area contributed by atoms with E-state index in [1.807, 2.05) is 0 Å². The lowest BCUT2D eigenvalue weighted by Gasteiger charge is -2.11. The molecule has 110 valence electrons. The molecule has 0 radical (unpaired) electrons. The maximum Gasteiger partial charge on any atom is 0.338 e. The van der Waals surface area contributed by atoms with Gasteiger partial charge in [0.05, 0.1) is 17.9 Å². The van der Waals surface area contributed by atoms with E-state index in [1.165, 1.54) is 6.26 Å². The Bertz CT molecular complexity index is 624. The fraction of sp³-hybridized carbons (Fsp3) is 0.200. The molecule has 5 nitrogen and oxygen atoms in total. The molecule has 1 atom stereocenters. The van der Waals surface area contributed by atoms with Crippen molar-refractivity contribution in [3.8, 4) is 0 Å². The van der Waals surface area contributed by atoms with E-state index in [0.29, 0.717) is 11.3 Å². The van der Waals surface area contributed by atoms with E-state index in [4.69, 9.17) is 9.15 Å². The topological polar surface area (TPSA) is 68.5 Å². The third-order valence-electron chi connectivity index (χ3n) is 2.74. The first kappa shape index (κ1) is 15.3. The summed E-state index contributed by atoms with van der Waals surface area (Å²) in [7, 11) is 0. The van der Waals surface area contributed by atoms with Crippen LogP contribution in [0.15, 0.2) is 51.6 Å². The maximum absolute atomic E-state index is 11.8. The van der Waals surface area contributed by atoms with Gasteiger partial charge < -0.3 is 14.5 Å². The molecule has 0 aliphatic carbocycles. The zero-order valence-electron chi connectivity index (χ0n) is 11.3. The Labute approximate surface area is 130 Å². The van der Waals surface area contributed by atoms with Crippen LogP contribution in [0, 0.1) is 0 Å². The largest absolute Gasteiger partial charge is 0.467 e. The molecule has 0 spiro atoms. The van der Waals surface area contributed by atoms with E-state index in [0.717, 1.165) is 4.47 Å². The predicted octanol–water partition coefficient (Wildman–Crippen LogP) is 3.08. The van der Waals surface area contributed by atoms with Gasteiger partial charge in [-0.05, 0) is 37.3 Å². The smallest absolute Gasteiger partial charge is 0.338 e. The number of esters is 1. The van der Waals surface area contributed by atoms with Gasteiger partial charge in [-0.3, -0.25) is 4.79 Å². The second kappa shape index (κ2) is 7.08. The zero-order chi connectivity index (χ0) is 15.2. The highest BCUT2D eigenvalue weighted by Gasteiger charge is 2.14. The van der Waals surface area contributed by atoms with Crippen LogP contribution >= 0.6 is 15.9 Å². The summed E-state index contributed by atoms with van der Waals surface area (Å²) in [5.41, 5.74) is 0.385. The fourth-order valence-corrected chi connectivity index (χ4v) is 2.12. The van der Waals surface area contributed by atoms with Gasteiger partial charge in [-0.1, -0.05) is 22.0 Å². The Hall–Kier alpha value is -2.08. The van der Waals surface area contributed by atoms with Crippen molar-refractivity contribution in [3.05, 3.63) is 58.5 Å². The molecule has 1 amide bonds. The number of amides is 1. The molecule has 2 aromatic rings. The summed E-state index contributed by atoms with van der Waals surface area (Å²) in [5, 5.41) is 2.68. The Morgan fingerprint density at radius 2 is 2.14 bits per heavy atom. The van der Waals surface area contributed by atoms with Crippen molar-refractivity contribution in [2.45, 2.75) is 13.0 Å².